The minimum atomic E-state index is -0.218. The summed E-state index contributed by atoms with van der Waals surface area (Å²) in [6.45, 7) is 3.55. The summed E-state index contributed by atoms with van der Waals surface area (Å²) < 4.78 is 10.5. The third-order valence-corrected chi connectivity index (χ3v) is 2.99. The summed E-state index contributed by atoms with van der Waals surface area (Å²) in [5, 5.41) is 3.27. The maximum Gasteiger partial charge on any atom is 0.232 e. The van der Waals surface area contributed by atoms with Crippen LogP contribution in [0.1, 0.15) is 17.3 Å². The largest absolute Gasteiger partial charge is 0.495 e. The molecule has 1 aromatic carbocycles. The van der Waals surface area contributed by atoms with Gasteiger partial charge in [-0.15, -0.1) is 0 Å². The summed E-state index contributed by atoms with van der Waals surface area (Å²) in [4.78, 5) is 16.2. The van der Waals surface area contributed by atoms with Crippen LogP contribution in [0.2, 0.25) is 5.02 Å². The number of carbonyl (C=O) groups is 1. The summed E-state index contributed by atoms with van der Waals surface area (Å²) in [7, 11) is 1.53. The zero-order valence-corrected chi connectivity index (χ0v) is 12.2. The Balaban J connectivity index is 2.12. The molecule has 5 nitrogen and oxygen atoms in total. The van der Waals surface area contributed by atoms with Crippen molar-refractivity contribution >= 4 is 23.2 Å². The highest BCUT2D eigenvalue weighted by Crippen LogP contribution is 2.27. The second kappa shape index (κ2) is 5.96. The number of carbonyl (C=O) groups excluding carboxylic acids is 1. The number of halogens is 1. The number of aromatic nitrogens is 1. The maximum absolute atomic E-state index is 12.0. The highest BCUT2D eigenvalue weighted by molar-refractivity contribution is 6.31. The fourth-order valence-electron chi connectivity index (χ4n) is 1.86. The van der Waals surface area contributed by atoms with Gasteiger partial charge in [-0.3, -0.25) is 4.79 Å². The Bertz CT molecular complexity index is 637. The first kappa shape index (κ1) is 14.4. The van der Waals surface area contributed by atoms with Crippen LogP contribution in [0.4, 0.5) is 5.69 Å². The van der Waals surface area contributed by atoms with Gasteiger partial charge in [-0.05, 0) is 25.1 Å². The van der Waals surface area contributed by atoms with Gasteiger partial charge in [-0.1, -0.05) is 11.6 Å². The summed E-state index contributed by atoms with van der Waals surface area (Å²) in [6, 6.07) is 5.03. The minimum Gasteiger partial charge on any atom is -0.495 e. The SMILES string of the molecule is COc1ccc(Cl)cc1NC(=O)Cc1oc(C)nc1C. The Morgan fingerprint density at radius 3 is 2.80 bits per heavy atom. The first-order chi connectivity index (χ1) is 9.49. The molecule has 0 spiro atoms. The molecule has 1 heterocycles. The number of amides is 1. The minimum absolute atomic E-state index is 0.113. The number of hydrogen-bond acceptors (Lipinski definition) is 4. The first-order valence-electron chi connectivity index (χ1n) is 6.06. The van der Waals surface area contributed by atoms with Crippen molar-refractivity contribution in [2.75, 3.05) is 12.4 Å². The number of rotatable bonds is 4. The van der Waals surface area contributed by atoms with E-state index in [4.69, 9.17) is 20.8 Å². The predicted molar refractivity (Wildman–Crippen MR) is 76.3 cm³/mol. The molecular formula is C14H15ClN2O3. The van der Waals surface area contributed by atoms with Crippen molar-refractivity contribution < 1.29 is 13.9 Å². The highest BCUT2D eigenvalue weighted by Gasteiger charge is 2.14. The topological polar surface area (TPSA) is 64.4 Å². The molecule has 2 rings (SSSR count). The van der Waals surface area contributed by atoms with E-state index >= 15 is 0 Å². The van der Waals surface area contributed by atoms with Gasteiger partial charge in [0.05, 0.1) is 24.9 Å². The van der Waals surface area contributed by atoms with Crippen molar-refractivity contribution in [2.24, 2.45) is 0 Å². The monoisotopic (exact) mass is 294 g/mol. The van der Waals surface area contributed by atoms with Crippen LogP contribution in [0.25, 0.3) is 0 Å². The quantitative estimate of drug-likeness (QED) is 0.941. The lowest BCUT2D eigenvalue weighted by atomic mass is 10.2. The molecule has 1 amide bonds. The third-order valence-electron chi connectivity index (χ3n) is 2.76. The van der Waals surface area contributed by atoms with Crippen molar-refractivity contribution in [3.05, 3.63) is 40.6 Å². The van der Waals surface area contributed by atoms with Crippen LogP contribution in [0.3, 0.4) is 0 Å². The number of hydrogen-bond donors (Lipinski definition) is 1. The van der Waals surface area contributed by atoms with E-state index in [0.717, 1.165) is 5.69 Å². The van der Waals surface area contributed by atoms with E-state index in [-0.39, 0.29) is 12.3 Å². The molecule has 0 saturated carbocycles. The molecule has 0 saturated heterocycles. The van der Waals surface area contributed by atoms with Gasteiger partial charge in [0.25, 0.3) is 0 Å². The molecular weight excluding hydrogens is 280 g/mol. The summed E-state index contributed by atoms with van der Waals surface area (Å²) >= 11 is 5.91. The van der Waals surface area contributed by atoms with Crippen molar-refractivity contribution in [1.82, 2.24) is 4.98 Å². The Hall–Kier alpha value is -2.01. The molecule has 0 aliphatic carbocycles. The number of anilines is 1. The standard InChI is InChI=1S/C14H15ClN2O3/c1-8-13(20-9(2)16-8)7-14(18)17-11-6-10(15)4-5-12(11)19-3/h4-6H,7H2,1-3H3,(H,17,18). The normalized spacial score (nSPS) is 10.4. The van der Waals surface area contributed by atoms with Gasteiger partial charge < -0.3 is 14.5 Å². The van der Waals surface area contributed by atoms with Crippen LogP contribution < -0.4 is 10.1 Å². The Morgan fingerprint density at radius 1 is 1.45 bits per heavy atom. The molecule has 0 radical (unpaired) electrons. The lowest BCUT2D eigenvalue weighted by Gasteiger charge is -2.10. The average molecular weight is 295 g/mol. The molecule has 1 N–H and O–H groups in total. The predicted octanol–water partition coefficient (Wildman–Crippen LogP) is 3.13. The lowest BCUT2D eigenvalue weighted by Crippen LogP contribution is -2.15. The van der Waals surface area contributed by atoms with Crippen LogP contribution >= 0.6 is 11.6 Å². The maximum atomic E-state index is 12.0. The number of nitrogens with zero attached hydrogens (tertiary/aromatic N) is 1. The van der Waals surface area contributed by atoms with E-state index in [2.05, 4.69) is 10.3 Å². The third kappa shape index (κ3) is 3.30. The van der Waals surface area contributed by atoms with Crippen LogP contribution in [0, 0.1) is 13.8 Å². The second-order valence-corrected chi connectivity index (χ2v) is 4.75. The van der Waals surface area contributed by atoms with Crippen LogP contribution in [0.15, 0.2) is 22.6 Å². The molecule has 0 unspecified atom stereocenters. The molecule has 0 atom stereocenters. The van der Waals surface area contributed by atoms with Gasteiger partial charge in [0.15, 0.2) is 5.89 Å². The Morgan fingerprint density at radius 2 is 2.20 bits per heavy atom. The smallest absolute Gasteiger partial charge is 0.232 e. The van der Waals surface area contributed by atoms with Gasteiger partial charge >= 0.3 is 0 Å². The van der Waals surface area contributed by atoms with Gasteiger partial charge in [0, 0.05) is 11.9 Å². The van der Waals surface area contributed by atoms with E-state index in [1.165, 1.54) is 7.11 Å². The molecule has 0 fully saturated rings. The number of oxazole rings is 1. The van der Waals surface area contributed by atoms with Crippen LogP contribution in [-0.2, 0) is 11.2 Å². The number of aryl methyl sites for hydroxylation is 2. The average Bonchev–Trinajstić information content (AvgIpc) is 2.68. The van der Waals surface area contributed by atoms with E-state index in [1.54, 1.807) is 32.0 Å². The lowest BCUT2D eigenvalue weighted by molar-refractivity contribution is -0.115. The molecule has 0 bridgehead atoms. The number of nitrogens with one attached hydrogen (secondary N) is 1. The van der Waals surface area contributed by atoms with Crippen LogP contribution in [-0.4, -0.2) is 18.0 Å². The first-order valence-corrected chi connectivity index (χ1v) is 6.43. The van der Waals surface area contributed by atoms with Crippen molar-refractivity contribution in [3.8, 4) is 5.75 Å². The molecule has 106 valence electrons. The summed E-state index contributed by atoms with van der Waals surface area (Å²) in [6.07, 6.45) is 0.113. The van der Waals surface area contributed by atoms with Gasteiger partial charge in [-0.2, -0.15) is 0 Å². The molecule has 0 aliphatic rings. The number of methoxy groups -OCH3 is 1. The Labute approximate surface area is 121 Å². The van der Waals surface area contributed by atoms with E-state index < -0.39 is 0 Å². The van der Waals surface area contributed by atoms with E-state index in [9.17, 15) is 4.79 Å². The Kier molecular flexibility index (Phi) is 4.29. The van der Waals surface area contributed by atoms with Crippen molar-refractivity contribution in [2.45, 2.75) is 20.3 Å². The molecule has 0 aliphatic heterocycles. The molecule has 20 heavy (non-hydrogen) atoms. The van der Waals surface area contributed by atoms with Crippen LogP contribution in [0.5, 0.6) is 5.75 Å². The summed E-state index contributed by atoms with van der Waals surface area (Å²) in [5.41, 5.74) is 1.24. The second-order valence-electron chi connectivity index (χ2n) is 4.31. The fourth-order valence-corrected chi connectivity index (χ4v) is 2.03. The van der Waals surface area contributed by atoms with Crippen molar-refractivity contribution in [1.29, 1.82) is 0 Å². The van der Waals surface area contributed by atoms with Crippen molar-refractivity contribution in [3.63, 3.8) is 0 Å². The van der Waals surface area contributed by atoms with E-state index in [0.29, 0.717) is 28.1 Å². The molecule has 2 aromatic rings. The number of ether oxygens (including phenoxy) is 1. The molecule has 1 aromatic heterocycles. The van der Waals surface area contributed by atoms with Gasteiger partial charge in [-0.25, -0.2) is 4.98 Å². The van der Waals surface area contributed by atoms with Gasteiger partial charge in [0.2, 0.25) is 5.91 Å². The fraction of sp³-hybridized carbons (Fsp3) is 0.286. The van der Waals surface area contributed by atoms with Gasteiger partial charge in [0.1, 0.15) is 11.5 Å². The number of benzene rings is 1. The summed E-state index contributed by atoms with van der Waals surface area (Å²) in [5.74, 6) is 1.43. The zero-order valence-electron chi connectivity index (χ0n) is 11.5. The molecule has 6 heteroatoms. The zero-order chi connectivity index (χ0) is 14.7. The van der Waals surface area contributed by atoms with E-state index in [1.807, 2.05) is 0 Å². The highest BCUT2D eigenvalue weighted by atomic mass is 35.5.